The molecule has 2 rings (SSSR count). The van der Waals surface area contributed by atoms with Gasteiger partial charge in [-0.1, -0.05) is 19.0 Å². The van der Waals surface area contributed by atoms with E-state index in [0.717, 1.165) is 0 Å². The summed E-state index contributed by atoms with van der Waals surface area (Å²) in [6.45, 7) is 7.45. The molecule has 28 heavy (non-hydrogen) atoms. The van der Waals surface area contributed by atoms with Crippen molar-refractivity contribution in [3.05, 3.63) is 30.0 Å². The van der Waals surface area contributed by atoms with E-state index < -0.39 is 11.9 Å². The first-order valence-electron chi connectivity index (χ1n) is 9.07. The van der Waals surface area contributed by atoms with E-state index >= 15 is 0 Å². The van der Waals surface area contributed by atoms with Gasteiger partial charge < -0.3 is 24.6 Å². The molecular weight excluding hydrogens is 362 g/mol. The zero-order chi connectivity index (χ0) is 20.8. The summed E-state index contributed by atoms with van der Waals surface area (Å²) >= 11 is 0. The average Bonchev–Trinajstić information content (AvgIpc) is 3.14. The third kappa shape index (κ3) is 5.03. The first-order chi connectivity index (χ1) is 13.3. The highest BCUT2D eigenvalue weighted by atomic mass is 16.5. The van der Waals surface area contributed by atoms with Crippen LogP contribution in [0.1, 0.15) is 38.2 Å². The van der Waals surface area contributed by atoms with Gasteiger partial charge in [-0.05, 0) is 38.0 Å². The Hall–Kier alpha value is -3.03. The van der Waals surface area contributed by atoms with Crippen molar-refractivity contribution in [2.45, 2.75) is 39.8 Å². The lowest BCUT2D eigenvalue weighted by atomic mass is 10.0. The predicted molar refractivity (Wildman–Crippen MR) is 104 cm³/mol. The van der Waals surface area contributed by atoms with E-state index in [1.54, 1.807) is 25.3 Å². The number of carbonyl (C=O) groups excluding carboxylic acids is 2. The molecule has 2 N–H and O–H groups in total. The van der Waals surface area contributed by atoms with Gasteiger partial charge in [0.25, 0.3) is 5.91 Å². The first kappa shape index (κ1) is 21.3. The highest BCUT2D eigenvalue weighted by molar-refractivity contribution is 5.97. The number of methoxy groups -OCH3 is 2. The maximum atomic E-state index is 12.6. The van der Waals surface area contributed by atoms with Crippen LogP contribution in [0, 0.1) is 5.92 Å². The standard InChI is InChI=1S/C20H27N3O5/c1-11(2)18(20(25)21-12(3)4)22-19(24)15-10-17(28-23-15)14-9-13(26-5)7-8-16(14)27-6/h7-12,18H,1-6H3,(H,21,25)(H,22,24). The number of benzene rings is 1. The van der Waals surface area contributed by atoms with Crippen LogP contribution < -0.4 is 20.1 Å². The van der Waals surface area contributed by atoms with Crippen LogP contribution in [0.25, 0.3) is 11.3 Å². The van der Waals surface area contributed by atoms with Crippen molar-refractivity contribution in [2.75, 3.05) is 14.2 Å². The number of aromatic nitrogens is 1. The van der Waals surface area contributed by atoms with Gasteiger partial charge in [0.15, 0.2) is 11.5 Å². The van der Waals surface area contributed by atoms with Crippen LogP contribution >= 0.6 is 0 Å². The SMILES string of the molecule is COc1ccc(OC)c(-c2cc(C(=O)NC(C(=O)NC(C)C)C(C)C)no2)c1. The van der Waals surface area contributed by atoms with Crippen LogP contribution in [0.4, 0.5) is 0 Å². The normalized spacial score (nSPS) is 12.0. The van der Waals surface area contributed by atoms with Gasteiger partial charge in [-0.2, -0.15) is 0 Å². The van der Waals surface area contributed by atoms with Crippen molar-refractivity contribution in [3.63, 3.8) is 0 Å². The molecule has 0 spiro atoms. The molecule has 0 bridgehead atoms. The molecule has 152 valence electrons. The molecule has 1 aromatic heterocycles. The number of ether oxygens (including phenoxy) is 2. The fraction of sp³-hybridized carbons (Fsp3) is 0.450. The summed E-state index contributed by atoms with van der Waals surface area (Å²) in [5.41, 5.74) is 0.675. The van der Waals surface area contributed by atoms with E-state index in [4.69, 9.17) is 14.0 Å². The molecule has 0 aliphatic carbocycles. The number of nitrogens with one attached hydrogen (secondary N) is 2. The van der Waals surface area contributed by atoms with E-state index in [9.17, 15) is 9.59 Å². The molecule has 8 heteroatoms. The maximum Gasteiger partial charge on any atom is 0.274 e. The number of rotatable bonds is 8. The molecule has 2 aromatic rings. The minimum absolute atomic E-state index is 0.0233. The fourth-order valence-corrected chi connectivity index (χ4v) is 2.64. The van der Waals surface area contributed by atoms with E-state index in [1.165, 1.54) is 13.2 Å². The molecule has 1 unspecified atom stereocenters. The topological polar surface area (TPSA) is 103 Å². The van der Waals surface area contributed by atoms with Crippen molar-refractivity contribution >= 4 is 11.8 Å². The lowest BCUT2D eigenvalue weighted by Crippen LogP contribution is -2.51. The molecule has 0 saturated heterocycles. The summed E-state index contributed by atoms with van der Waals surface area (Å²) in [6.07, 6.45) is 0. The Morgan fingerprint density at radius 1 is 1.04 bits per heavy atom. The summed E-state index contributed by atoms with van der Waals surface area (Å²) in [4.78, 5) is 24.9. The van der Waals surface area contributed by atoms with E-state index in [-0.39, 0.29) is 23.6 Å². The monoisotopic (exact) mass is 389 g/mol. The molecule has 8 nitrogen and oxygen atoms in total. The van der Waals surface area contributed by atoms with Gasteiger partial charge in [-0.3, -0.25) is 9.59 Å². The zero-order valence-electron chi connectivity index (χ0n) is 17.0. The molecule has 0 radical (unpaired) electrons. The van der Waals surface area contributed by atoms with Crippen molar-refractivity contribution in [2.24, 2.45) is 5.92 Å². The fourth-order valence-electron chi connectivity index (χ4n) is 2.64. The van der Waals surface area contributed by atoms with Crippen LogP contribution in [0.3, 0.4) is 0 Å². The van der Waals surface area contributed by atoms with Gasteiger partial charge in [0.1, 0.15) is 17.5 Å². The Morgan fingerprint density at radius 2 is 1.75 bits per heavy atom. The molecule has 0 aliphatic rings. The highest BCUT2D eigenvalue weighted by Gasteiger charge is 2.26. The Labute approximate surface area is 164 Å². The third-order valence-corrected chi connectivity index (χ3v) is 4.08. The smallest absolute Gasteiger partial charge is 0.274 e. The second kappa shape index (κ2) is 9.25. The summed E-state index contributed by atoms with van der Waals surface area (Å²) in [6, 6.07) is 6.03. The third-order valence-electron chi connectivity index (χ3n) is 4.08. The van der Waals surface area contributed by atoms with Crippen molar-refractivity contribution in [3.8, 4) is 22.8 Å². The van der Waals surface area contributed by atoms with Crippen molar-refractivity contribution < 1.29 is 23.6 Å². The largest absolute Gasteiger partial charge is 0.497 e. The Morgan fingerprint density at radius 3 is 2.32 bits per heavy atom. The van der Waals surface area contributed by atoms with Gasteiger partial charge in [0.05, 0.1) is 19.8 Å². The minimum Gasteiger partial charge on any atom is -0.497 e. The van der Waals surface area contributed by atoms with E-state index in [2.05, 4.69) is 15.8 Å². The highest BCUT2D eigenvalue weighted by Crippen LogP contribution is 2.33. The summed E-state index contributed by atoms with van der Waals surface area (Å²) in [7, 11) is 3.09. The van der Waals surface area contributed by atoms with Crippen molar-refractivity contribution in [1.82, 2.24) is 15.8 Å². The Balaban J connectivity index is 2.23. The molecule has 2 amide bonds. The molecule has 0 saturated carbocycles. The Kier molecular flexibility index (Phi) is 7.03. The number of carbonyl (C=O) groups is 2. The zero-order valence-corrected chi connectivity index (χ0v) is 17.0. The summed E-state index contributed by atoms with van der Waals surface area (Å²) < 4.78 is 15.9. The van der Waals surface area contributed by atoms with Gasteiger partial charge in [-0.15, -0.1) is 0 Å². The van der Waals surface area contributed by atoms with Crippen molar-refractivity contribution in [1.29, 1.82) is 0 Å². The molecule has 1 aromatic carbocycles. The van der Waals surface area contributed by atoms with Crippen LogP contribution in [-0.2, 0) is 4.79 Å². The molecule has 0 fully saturated rings. The molecular formula is C20H27N3O5. The molecule has 1 atom stereocenters. The predicted octanol–water partition coefficient (Wildman–Crippen LogP) is 2.64. The van der Waals surface area contributed by atoms with Gasteiger partial charge in [0, 0.05) is 12.1 Å². The number of hydrogen-bond donors (Lipinski definition) is 2. The van der Waals surface area contributed by atoms with Crippen LogP contribution in [0.2, 0.25) is 0 Å². The maximum absolute atomic E-state index is 12.6. The number of amides is 2. The average molecular weight is 389 g/mol. The lowest BCUT2D eigenvalue weighted by molar-refractivity contribution is -0.124. The molecule has 0 aliphatic heterocycles. The van der Waals surface area contributed by atoms with E-state index in [0.29, 0.717) is 22.8 Å². The summed E-state index contributed by atoms with van der Waals surface area (Å²) in [5.74, 6) is 0.705. The quantitative estimate of drug-likeness (QED) is 0.719. The number of nitrogens with zero attached hydrogens (tertiary/aromatic N) is 1. The first-order valence-corrected chi connectivity index (χ1v) is 9.07. The number of hydrogen-bond acceptors (Lipinski definition) is 6. The lowest BCUT2D eigenvalue weighted by Gasteiger charge is -2.22. The van der Waals surface area contributed by atoms with E-state index in [1.807, 2.05) is 27.7 Å². The van der Waals surface area contributed by atoms with Gasteiger partial charge in [-0.25, -0.2) is 0 Å². The van der Waals surface area contributed by atoms with Crippen LogP contribution in [-0.4, -0.2) is 43.3 Å². The summed E-state index contributed by atoms with van der Waals surface area (Å²) in [5, 5.41) is 9.38. The van der Waals surface area contributed by atoms with Crippen LogP contribution in [0.5, 0.6) is 11.5 Å². The van der Waals surface area contributed by atoms with Gasteiger partial charge >= 0.3 is 0 Å². The second-order valence-electron chi connectivity index (χ2n) is 7.00. The second-order valence-corrected chi connectivity index (χ2v) is 7.00. The van der Waals surface area contributed by atoms with Crippen LogP contribution in [0.15, 0.2) is 28.8 Å². The Bertz CT molecular complexity index is 829. The van der Waals surface area contributed by atoms with Gasteiger partial charge in [0.2, 0.25) is 5.91 Å². The molecule has 1 heterocycles. The minimum atomic E-state index is -0.679.